The number of nitrogens with one attached hydrogen (secondary N) is 1. The highest BCUT2D eigenvalue weighted by Crippen LogP contribution is 2.32. The molecule has 0 spiro atoms. The van der Waals surface area contributed by atoms with Crippen LogP contribution in [0.25, 0.3) is 0 Å². The fourth-order valence-corrected chi connectivity index (χ4v) is 2.85. The Balaban J connectivity index is 2.15. The van der Waals surface area contributed by atoms with Gasteiger partial charge in [-0.1, -0.05) is 36.4 Å². The first-order chi connectivity index (χ1) is 9.46. The average molecular weight is 299 g/mol. The van der Waals surface area contributed by atoms with Gasteiger partial charge in [-0.25, -0.2) is 0 Å². The fraction of sp³-hybridized carbons (Fsp3) is 0.333. The van der Waals surface area contributed by atoms with E-state index in [0.717, 1.165) is 4.88 Å². The van der Waals surface area contributed by atoms with Gasteiger partial charge in [-0.15, -0.1) is 11.3 Å². The molecule has 0 aliphatic heterocycles. The second kappa shape index (κ2) is 6.41. The van der Waals surface area contributed by atoms with Crippen molar-refractivity contribution >= 4 is 11.3 Å². The van der Waals surface area contributed by atoms with Crippen LogP contribution in [-0.4, -0.2) is 6.18 Å². The molecular formula is C15H16F3NS. The highest BCUT2D eigenvalue weighted by Gasteiger charge is 2.33. The van der Waals surface area contributed by atoms with Crippen LogP contribution in [0.3, 0.4) is 0 Å². The Morgan fingerprint density at radius 3 is 2.35 bits per heavy atom. The molecule has 0 fully saturated rings. The second-order valence-corrected chi connectivity index (χ2v) is 5.67. The Morgan fingerprint density at radius 1 is 1.10 bits per heavy atom. The summed E-state index contributed by atoms with van der Waals surface area (Å²) in [5.74, 6) is 0. The van der Waals surface area contributed by atoms with Gasteiger partial charge in [0.2, 0.25) is 0 Å². The van der Waals surface area contributed by atoms with Gasteiger partial charge in [0.15, 0.2) is 0 Å². The van der Waals surface area contributed by atoms with E-state index >= 15 is 0 Å². The van der Waals surface area contributed by atoms with E-state index < -0.39 is 18.6 Å². The Kier molecular flexibility index (Phi) is 4.83. The van der Waals surface area contributed by atoms with Crippen LogP contribution in [0.5, 0.6) is 0 Å². The zero-order valence-corrected chi connectivity index (χ0v) is 11.8. The monoisotopic (exact) mass is 299 g/mol. The van der Waals surface area contributed by atoms with Crippen LogP contribution in [0.4, 0.5) is 13.2 Å². The molecule has 0 bridgehead atoms. The SMILES string of the molecule is C[C@H](NC(CC(F)(F)F)c1ccccc1)c1cccs1. The normalized spacial score (nSPS) is 15.0. The summed E-state index contributed by atoms with van der Waals surface area (Å²) in [6.07, 6.45) is -5.06. The predicted molar refractivity (Wildman–Crippen MR) is 75.7 cm³/mol. The molecule has 108 valence electrons. The molecule has 0 amide bonds. The third kappa shape index (κ3) is 4.35. The largest absolute Gasteiger partial charge is 0.390 e. The van der Waals surface area contributed by atoms with Gasteiger partial charge in [0.25, 0.3) is 0 Å². The maximum absolute atomic E-state index is 12.7. The molecule has 1 aromatic heterocycles. The standard InChI is InChI=1S/C15H16F3NS/c1-11(14-8-5-9-20-14)19-13(10-15(16,17)18)12-6-3-2-4-7-12/h2-9,11,13,19H,10H2,1H3/t11-,13?/m0/s1. The molecule has 1 heterocycles. The van der Waals surface area contributed by atoms with Gasteiger partial charge in [-0.05, 0) is 23.9 Å². The molecule has 0 aliphatic rings. The number of benzene rings is 1. The topological polar surface area (TPSA) is 12.0 Å². The smallest absolute Gasteiger partial charge is 0.302 e. The number of hydrogen-bond donors (Lipinski definition) is 1. The number of halogens is 3. The Hall–Kier alpha value is -1.33. The zero-order chi connectivity index (χ0) is 14.6. The zero-order valence-electron chi connectivity index (χ0n) is 11.0. The summed E-state index contributed by atoms with van der Waals surface area (Å²) in [4.78, 5) is 1.04. The van der Waals surface area contributed by atoms with Crippen LogP contribution in [0.2, 0.25) is 0 Å². The molecule has 0 saturated carbocycles. The Labute approximate surface area is 120 Å². The molecule has 20 heavy (non-hydrogen) atoms. The van der Waals surface area contributed by atoms with Crippen molar-refractivity contribution in [3.05, 3.63) is 58.3 Å². The van der Waals surface area contributed by atoms with Crippen molar-refractivity contribution in [3.63, 3.8) is 0 Å². The third-order valence-electron chi connectivity index (χ3n) is 3.06. The maximum atomic E-state index is 12.7. The summed E-state index contributed by atoms with van der Waals surface area (Å²) >= 11 is 1.54. The number of hydrogen-bond acceptors (Lipinski definition) is 2. The molecule has 0 radical (unpaired) electrons. The van der Waals surface area contributed by atoms with Crippen LogP contribution >= 0.6 is 11.3 Å². The van der Waals surface area contributed by atoms with Crippen molar-refractivity contribution in [2.24, 2.45) is 0 Å². The molecule has 2 atom stereocenters. The first-order valence-electron chi connectivity index (χ1n) is 6.37. The summed E-state index contributed by atoms with van der Waals surface area (Å²) in [6.45, 7) is 1.89. The van der Waals surface area contributed by atoms with E-state index in [4.69, 9.17) is 0 Å². The van der Waals surface area contributed by atoms with Crippen LogP contribution < -0.4 is 5.32 Å². The van der Waals surface area contributed by atoms with E-state index in [-0.39, 0.29) is 6.04 Å². The van der Waals surface area contributed by atoms with E-state index in [1.807, 2.05) is 24.4 Å². The minimum absolute atomic E-state index is 0.109. The van der Waals surface area contributed by atoms with Gasteiger partial charge >= 0.3 is 6.18 Å². The van der Waals surface area contributed by atoms with Gasteiger partial charge in [-0.2, -0.15) is 13.2 Å². The molecule has 5 heteroatoms. The van der Waals surface area contributed by atoms with Crippen LogP contribution in [0, 0.1) is 0 Å². The molecule has 1 N–H and O–H groups in total. The lowest BCUT2D eigenvalue weighted by molar-refractivity contribution is -0.140. The molecule has 1 aromatic carbocycles. The molecule has 2 aromatic rings. The molecule has 2 rings (SSSR count). The van der Waals surface area contributed by atoms with Crippen molar-refractivity contribution in [1.82, 2.24) is 5.32 Å². The quantitative estimate of drug-likeness (QED) is 0.810. The van der Waals surface area contributed by atoms with E-state index in [1.54, 1.807) is 41.7 Å². The fourth-order valence-electron chi connectivity index (χ4n) is 2.11. The lowest BCUT2D eigenvalue weighted by Crippen LogP contribution is -2.28. The molecule has 1 unspecified atom stereocenters. The van der Waals surface area contributed by atoms with Crippen LogP contribution in [-0.2, 0) is 0 Å². The number of thiophene rings is 1. The molecule has 0 aliphatic carbocycles. The highest BCUT2D eigenvalue weighted by molar-refractivity contribution is 7.10. The molecular weight excluding hydrogens is 283 g/mol. The lowest BCUT2D eigenvalue weighted by Gasteiger charge is -2.24. The Bertz CT molecular complexity index is 508. The van der Waals surface area contributed by atoms with Gasteiger partial charge < -0.3 is 5.32 Å². The maximum Gasteiger partial charge on any atom is 0.390 e. The second-order valence-electron chi connectivity index (χ2n) is 4.69. The summed E-state index contributed by atoms with van der Waals surface area (Å²) in [6, 6.07) is 11.8. The summed E-state index contributed by atoms with van der Waals surface area (Å²) in [7, 11) is 0. The minimum Gasteiger partial charge on any atom is -0.302 e. The summed E-state index contributed by atoms with van der Waals surface area (Å²) in [5.41, 5.74) is 0.660. The van der Waals surface area contributed by atoms with Crippen LogP contribution in [0.15, 0.2) is 47.8 Å². The average Bonchev–Trinajstić information content (AvgIpc) is 2.91. The van der Waals surface area contributed by atoms with Gasteiger partial charge in [-0.3, -0.25) is 0 Å². The number of rotatable bonds is 5. The highest BCUT2D eigenvalue weighted by atomic mass is 32.1. The summed E-state index contributed by atoms with van der Waals surface area (Å²) in [5, 5.41) is 5.01. The van der Waals surface area contributed by atoms with Crippen molar-refractivity contribution in [2.45, 2.75) is 31.6 Å². The first-order valence-corrected chi connectivity index (χ1v) is 7.25. The van der Waals surface area contributed by atoms with Gasteiger partial charge in [0.1, 0.15) is 0 Å². The lowest BCUT2D eigenvalue weighted by atomic mass is 10.0. The minimum atomic E-state index is -4.19. The van der Waals surface area contributed by atoms with Gasteiger partial charge in [0, 0.05) is 17.0 Å². The molecule has 0 saturated heterocycles. The van der Waals surface area contributed by atoms with Crippen molar-refractivity contribution in [1.29, 1.82) is 0 Å². The third-order valence-corrected chi connectivity index (χ3v) is 4.11. The van der Waals surface area contributed by atoms with Crippen LogP contribution in [0.1, 0.15) is 35.9 Å². The summed E-state index contributed by atoms with van der Waals surface area (Å²) < 4.78 is 38.2. The van der Waals surface area contributed by atoms with E-state index in [2.05, 4.69) is 5.32 Å². The van der Waals surface area contributed by atoms with E-state index in [0.29, 0.717) is 5.56 Å². The van der Waals surface area contributed by atoms with E-state index in [1.165, 1.54) is 0 Å². The van der Waals surface area contributed by atoms with Gasteiger partial charge in [0.05, 0.1) is 6.42 Å². The van der Waals surface area contributed by atoms with Crippen molar-refractivity contribution in [3.8, 4) is 0 Å². The molecule has 1 nitrogen and oxygen atoms in total. The first kappa shape index (κ1) is 15.1. The van der Waals surface area contributed by atoms with Crippen molar-refractivity contribution < 1.29 is 13.2 Å². The van der Waals surface area contributed by atoms with Crippen molar-refractivity contribution in [2.75, 3.05) is 0 Å². The van der Waals surface area contributed by atoms with E-state index in [9.17, 15) is 13.2 Å². The Morgan fingerprint density at radius 2 is 1.80 bits per heavy atom. The number of alkyl halides is 3. The predicted octanol–water partition coefficient (Wildman–Crippen LogP) is 5.09.